The van der Waals surface area contributed by atoms with Crippen LogP contribution in [0.1, 0.15) is 65.2 Å². The summed E-state index contributed by atoms with van der Waals surface area (Å²) in [6, 6.07) is 0. The van der Waals surface area contributed by atoms with Gasteiger partial charge in [-0.05, 0) is 49.0 Å². The number of carbonyl (C=O) groups excluding carboxylic acids is 1. The summed E-state index contributed by atoms with van der Waals surface area (Å²) in [5.74, 6) is 0.894. The maximum absolute atomic E-state index is 12.2. The van der Waals surface area contributed by atoms with Gasteiger partial charge in [-0.25, -0.2) is 0 Å². The molecule has 2 aliphatic carbocycles. The zero-order chi connectivity index (χ0) is 13.9. The molecular weight excluding hydrogens is 272 g/mol. The largest absolute Gasteiger partial charge is 0.356 e. The first-order chi connectivity index (χ1) is 9.02. The Labute approximate surface area is 129 Å². The minimum atomic E-state index is 0. The zero-order valence-electron chi connectivity index (χ0n) is 13.0. The second-order valence-corrected chi connectivity index (χ2v) is 7.24. The molecule has 20 heavy (non-hydrogen) atoms. The molecule has 0 aliphatic heterocycles. The maximum atomic E-state index is 12.2. The summed E-state index contributed by atoms with van der Waals surface area (Å²) in [5.41, 5.74) is 6.44. The van der Waals surface area contributed by atoms with Crippen LogP contribution in [0, 0.1) is 16.7 Å². The quantitative estimate of drug-likeness (QED) is 0.791. The van der Waals surface area contributed by atoms with E-state index in [4.69, 9.17) is 5.73 Å². The van der Waals surface area contributed by atoms with Gasteiger partial charge in [0.2, 0.25) is 5.91 Å². The van der Waals surface area contributed by atoms with Crippen LogP contribution in [0.3, 0.4) is 0 Å². The third-order valence-corrected chi connectivity index (χ3v) is 5.64. The fourth-order valence-corrected chi connectivity index (χ4v) is 3.55. The fraction of sp³-hybridized carbons (Fsp3) is 0.938. The number of rotatable bonds is 6. The van der Waals surface area contributed by atoms with E-state index < -0.39 is 0 Å². The van der Waals surface area contributed by atoms with Gasteiger partial charge in [0.25, 0.3) is 0 Å². The Morgan fingerprint density at radius 2 is 1.75 bits per heavy atom. The monoisotopic (exact) mass is 302 g/mol. The lowest BCUT2D eigenvalue weighted by atomic mass is 9.71. The lowest BCUT2D eigenvalue weighted by Gasteiger charge is -2.35. The van der Waals surface area contributed by atoms with E-state index in [-0.39, 0.29) is 23.7 Å². The van der Waals surface area contributed by atoms with Crippen LogP contribution in [0.2, 0.25) is 0 Å². The van der Waals surface area contributed by atoms with Crippen LogP contribution >= 0.6 is 12.4 Å². The second kappa shape index (κ2) is 7.13. The van der Waals surface area contributed by atoms with E-state index in [0.717, 1.165) is 19.4 Å². The molecule has 2 fully saturated rings. The van der Waals surface area contributed by atoms with E-state index in [1.54, 1.807) is 0 Å². The van der Waals surface area contributed by atoms with Crippen molar-refractivity contribution in [3.63, 3.8) is 0 Å². The smallest absolute Gasteiger partial charge is 0.220 e. The molecule has 2 saturated carbocycles. The standard InChI is InChI=1S/C16H30N2O.ClH/c1-13(2)16(8-9-16)12-18-14(19)10-15(11-17)6-4-3-5-7-15;/h13H,3-12,17H2,1-2H3,(H,18,19);1H. The summed E-state index contributed by atoms with van der Waals surface area (Å²) < 4.78 is 0. The van der Waals surface area contributed by atoms with Gasteiger partial charge in [0, 0.05) is 13.0 Å². The van der Waals surface area contributed by atoms with Crippen LogP contribution in [-0.2, 0) is 4.79 Å². The van der Waals surface area contributed by atoms with Crippen molar-refractivity contribution in [3.05, 3.63) is 0 Å². The number of halogens is 1. The molecule has 2 rings (SSSR count). The molecule has 0 spiro atoms. The topological polar surface area (TPSA) is 55.1 Å². The number of nitrogens with two attached hydrogens (primary N) is 1. The Bertz CT molecular complexity index is 320. The number of hydrogen-bond acceptors (Lipinski definition) is 2. The van der Waals surface area contributed by atoms with Crippen molar-refractivity contribution >= 4 is 18.3 Å². The van der Waals surface area contributed by atoms with Crippen molar-refractivity contribution in [1.82, 2.24) is 5.32 Å². The summed E-state index contributed by atoms with van der Waals surface area (Å²) in [7, 11) is 0. The number of nitrogens with one attached hydrogen (secondary N) is 1. The molecule has 0 aromatic carbocycles. The zero-order valence-corrected chi connectivity index (χ0v) is 13.9. The number of amides is 1. The van der Waals surface area contributed by atoms with Crippen molar-refractivity contribution < 1.29 is 4.79 Å². The van der Waals surface area contributed by atoms with Crippen LogP contribution in [-0.4, -0.2) is 19.0 Å². The van der Waals surface area contributed by atoms with E-state index >= 15 is 0 Å². The summed E-state index contributed by atoms with van der Waals surface area (Å²) in [5, 5.41) is 3.18. The predicted octanol–water partition coefficient (Wildman–Crippen LogP) is 3.26. The molecule has 0 aromatic rings. The third-order valence-electron chi connectivity index (χ3n) is 5.64. The minimum absolute atomic E-state index is 0. The first-order valence-electron chi connectivity index (χ1n) is 7.99. The summed E-state index contributed by atoms with van der Waals surface area (Å²) in [6.07, 6.45) is 9.22. The van der Waals surface area contributed by atoms with Gasteiger partial charge in [0.15, 0.2) is 0 Å². The molecule has 0 atom stereocenters. The van der Waals surface area contributed by atoms with E-state index in [2.05, 4.69) is 19.2 Å². The summed E-state index contributed by atoms with van der Waals surface area (Å²) >= 11 is 0. The van der Waals surface area contributed by atoms with Crippen LogP contribution in [0.15, 0.2) is 0 Å². The van der Waals surface area contributed by atoms with Crippen LogP contribution < -0.4 is 11.1 Å². The van der Waals surface area contributed by atoms with Gasteiger partial charge in [-0.1, -0.05) is 33.1 Å². The molecule has 0 unspecified atom stereocenters. The SMILES string of the molecule is CC(C)C1(CNC(=O)CC2(CN)CCCCC2)CC1.Cl. The molecule has 0 saturated heterocycles. The van der Waals surface area contributed by atoms with Gasteiger partial charge in [-0.2, -0.15) is 0 Å². The summed E-state index contributed by atoms with van der Waals surface area (Å²) in [6.45, 7) is 6.06. The van der Waals surface area contributed by atoms with Crippen LogP contribution in [0.4, 0.5) is 0 Å². The van der Waals surface area contributed by atoms with Gasteiger partial charge >= 0.3 is 0 Å². The Morgan fingerprint density at radius 1 is 1.15 bits per heavy atom. The van der Waals surface area contributed by atoms with Crippen molar-refractivity contribution in [1.29, 1.82) is 0 Å². The Kier molecular flexibility index (Phi) is 6.33. The molecule has 0 aromatic heterocycles. The van der Waals surface area contributed by atoms with Crippen molar-refractivity contribution in [2.24, 2.45) is 22.5 Å². The van der Waals surface area contributed by atoms with Gasteiger partial charge < -0.3 is 11.1 Å². The van der Waals surface area contributed by atoms with Crippen molar-refractivity contribution in [2.75, 3.05) is 13.1 Å². The maximum Gasteiger partial charge on any atom is 0.220 e. The Balaban J connectivity index is 0.00000200. The Morgan fingerprint density at radius 3 is 2.20 bits per heavy atom. The van der Waals surface area contributed by atoms with E-state index in [1.165, 1.54) is 32.1 Å². The van der Waals surface area contributed by atoms with Crippen LogP contribution in [0.5, 0.6) is 0 Å². The molecule has 4 heteroatoms. The highest BCUT2D eigenvalue weighted by atomic mass is 35.5. The lowest BCUT2D eigenvalue weighted by Crippen LogP contribution is -2.40. The molecule has 0 bridgehead atoms. The first-order valence-corrected chi connectivity index (χ1v) is 7.99. The predicted molar refractivity (Wildman–Crippen MR) is 86.0 cm³/mol. The van der Waals surface area contributed by atoms with Crippen LogP contribution in [0.25, 0.3) is 0 Å². The molecule has 3 nitrogen and oxygen atoms in total. The van der Waals surface area contributed by atoms with E-state index in [9.17, 15) is 4.79 Å². The van der Waals surface area contributed by atoms with Gasteiger partial charge in [0.1, 0.15) is 0 Å². The van der Waals surface area contributed by atoms with Gasteiger partial charge in [-0.15, -0.1) is 12.4 Å². The highest BCUT2D eigenvalue weighted by Gasteiger charge is 2.45. The molecule has 2 aliphatic rings. The minimum Gasteiger partial charge on any atom is -0.356 e. The molecule has 1 amide bonds. The highest BCUT2D eigenvalue weighted by molar-refractivity contribution is 5.85. The fourth-order valence-electron chi connectivity index (χ4n) is 3.55. The van der Waals surface area contributed by atoms with Gasteiger partial charge in [0.05, 0.1) is 0 Å². The van der Waals surface area contributed by atoms with Crippen molar-refractivity contribution in [2.45, 2.75) is 65.2 Å². The van der Waals surface area contributed by atoms with Gasteiger partial charge in [-0.3, -0.25) is 4.79 Å². The highest BCUT2D eigenvalue weighted by Crippen LogP contribution is 2.51. The number of hydrogen-bond donors (Lipinski definition) is 2. The molecular formula is C16H31ClN2O. The second-order valence-electron chi connectivity index (χ2n) is 7.24. The van der Waals surface area contributed by atoms with Crippen molar-refractivity contribution in [3.8, 4) is 0 Å². The third kappa shape index (κ3) is 4.11. The Hall–Kier alpha value is -0.280. The lowest BCUT2D eigenvalue weighted by molar-refractivity contribution is -0.124. The summed E-state index contributed by atoms with van der Waals surface area (Å²) in [4.78, 5) is 12.2. The van der Waals surface area contributed by atoms with E-state index in [1.807, 2.05) is 0 Å². The van der Waals surface area contributed by atoms with E-state index in [0.29, 0.717) is 24.3 Å². The molecule has 0 radical (unpaired) electrons. The molecule has 118 valence electrons. The average molecular weight is 303 g/mol. The number of carbonyl (C=O) groups is 1. The molecule has 3 N–H and O–H groups in total. The normalized spacial score (nSPS) is 23.0. The molecule has 0 heterocycles. The average Bonchev–Trinajstić information content (AvgIpc) is 3.19. The first kappa shape index (κ1) is 17.8.